The summed E-state index contributed by atoms with van der Waals surface area (Å²) < 4.78 is 11.3. The molecular weight excluding hydrogens is 280 g/mol. The maximum atomic E-state index is 6.12. The van der Waals surface area contributed by atoms with Crippen LogP contribution in [0.15, 0.2) is 21.5 Å². The van der Waals surface area contributed by atoms with Crippen LogP contribution in [0.3, 0.4) is 0 Å². The Morgan fingerprint density at radius 3 is 2.73 bits per heavy atom. The predicted octanol–water partition coefficient (Wildman–Crippen LogP) is 1.37. The van der Waals surface area contributed by atoms with E-state index in [0.29, 0.717) is 18.5 Å². The molecule has 1 aromatic heterocycles. The number of ether oxygens (including phenoxy) is 1. The molecule has 2 N–H and O–H groups in total. The molecular formula is C16H26N4O2. The second-order valence-electron chi connectivity index (χ2n) is 6.15. The summed E-state index contributed by atoms with van der Waals surface area (Å²) in [6.07, 6.45) is 2.44. The minimum absolute atomic E-state index is 0.128. The van der Waals surface area contributed by atoms with Crippen molar-refractivity contribution in [3.8, 4) is 0 Å². The van der Waals surface area contributed by atoms with E-state index < -0.39 is 0 Å². The van der Waals surface area contributed by atoms with Crippen LogP contribution in [0.2, 0.25) is 0 Å². The number of hydrogen-bond acceptors (Lipinski definition) is 4. The summed E-state index contributed by atoms with van der Waals surface area (Å²) in [6, 6.07) is 4.76. The Bertz CT molecular complexity index is 518. The number of nitrogens with two attached hydrogens (primary N) is 1. The van der Waals surface area contributed by atoms with E-state index in [9.17, 15) is 0 Å². The Labute approximate surface area is 131 Å². The van der Waals surface area contributed by atoms with Crippen LogP contribution in [-0.2, 0) is 4.74 Å². The van der Waals surface area contributed by atoms with Gasteiger partial charge in [0.1, 0.15) is 11.5 Å². The van der Waals surface area contributed by atoms with Gasteiger partial charge in [-0.2, -0.15) is 0 Å². The van der Waals surface area contributed by atoms with Gasteiger partial charge in [0.05, 0.1) is 25.8 Å². The molecule has 1 aliphatic carbocycles. The van der Waals surface area contributed by atoms with Crippen molar-refractivity contribution in [3.63, 3.8) is 0 Å². The first-order valence-corrected chi connectivity index (χ1v) is 8.06. The number of morpholine rings is 1. The summed E-state index contributed by atoms with van der Waals surface area (Å²) in [5.74, 6) is 2.52. The third kappa shape index (κ3) is 3.62. The van der Waals surface area contributed by atoms with Gasteiger partial charge in [-0.15, -0.1) is 0 Å². The number of rotatable bonds is 5. The molecule has 1 unspecified atom stereocenters. The maximum absolute atomic E-state index is 6.12. The molecule has 0 spiro atoms. The van der Waals surface area contributed by atoms with Crippen molar-refractivity contribution in [3.05, 3.63) is 23.7 Å². The van der Waals surface area contributed by atoms with Crippen LogP contribution in [-0.4, -0.2) is 61.7 Å². The third-order valence-corrected chi connectivity index (χ3v) is 4.46. The molecule has 0 amide bonds. The Morgan fingerprint density at radius 2 is 2.14 bits per heavy atom. The maximum Gasteiger partial charge on any atom is 0.191 e. The van der Waals surface area contributed by atoms with Gasteiger partial charge in [0, 0.05) is 26.2 Å². The van der Waals surface area contributed by atoms with Crippen LogP contribution in [0.5, 0.6) is 0 Å². The quantitative estimate of drug-likeness (QED) is 0.657. The molecule has 0 aromatic carbocycles. The van der Waals surface area contributed by atoms with Gasteiger partial charge < -0.3 is 19.8 Å². The Kier molecular flexibility index (Phi) is 4.69. The van der Waals surface area contributed by atoms with Crippen molar-refractivity contribution in [2.24, 2.45) is 10.7 Å². The van der Waals surface area contributed by atoms with Gasteiger partial charge in [0.2, 0.25) is 0 Å². The molecule has 1 aliphatic heterocycles. The highest BCUT2D eigenvalue weighted by molar-refractivity contribution is 5.78. The van der Waals surface area contributed by atoms with Crippen molar-refractivity contribution < 1.29 is 9.15 Å². The topological polar surface area (TPSA) is 67.2 Å². The highest BCUT2D eigenvalue weighted by Crippen LogP contribution is 2.26. The van der Waals surface area contributed by atoms with Crippen molar-refractivity contribution >= 4 is 5.96 Å². The number of aryl methyl sites for hydroxylation is 1. The zero-order valence-electron chi connectivity index (χ0n) is 13.5. The highest BCUT2D eigenvalue weighted by Gasteiger charge is 2.28. The molecule has 2 fully saturated rings. The number of aliphatic imine (C=N–C) groups is 1. The number of hydrogen-bond donors (Lipinski definition) is 1. The second-order valence-corrected chi connectivity index (χ2v) is 6.15. The summed E-state index contributed by atoms with van der Waals surface area (Å²) >= 11 is 0. The van der Waals surface area contributed by atoms with Crippen molar-refractivity contribution in [1.29, 1.82) is 0 Å². The average Bonchev–Trinajstić information content (AvgIpc) is 3.30. The first-order chi connectivity index (χ1) is 10.6. The summed E-state index contributed by atoms with van der Waals surface area (Å²) in [7, 11) is 2.03. The van der Waals surface area contributed by atoms with Crippen LogP contribution < -0.4 is 5.73 Å². The van der Waals surface area contributed by atoms with Gasteiger partial charge in [-0.3, -0.25) is 9.89 Å². The van der Waals surface area contributed by atoms with E-state index in [-0.39, 0.29) is 6.04 Å². The lowest BCUT2D eigenvalue weighted by molar-refractivity contribution is 0.0135. The lowest BCUT2D eigenvalue weighted by atomic mass is 10.1. The zero-order valence-corrected chi connectivity index (χ0v) is 13.5. The fourth-order valence-electron chi connectivity index (χ4n) is 2.85. The van der Waals surface area contributed by atoms with E-state index in [4.69, 9.17) is 14.9 Å². The summed E-state index contributed by atoms with van der Waals surface area (Å²) in [5.41, 5.74) is 6.12. The van der Waals surface area contributed by atoms with Crippen LogP contribution in [0.4, 0.5) is 0 Å². The van der Waals surface area contributed by atoms with E-state index in [1.807, 2.05) is 26.1 Å². The number of nitrogens with zero attached hydrogens (tertiary/aromatic N) is 3. The van der Waals surface area contributed by atoms with E-state index in [1.54, 1.807) is 0 Å². The van der Waals surface area contributed by atoms with Crippen molar-refractivity contribution in [2.75, 3.05) is 39.9 Å². The monoisotopic (exact) mass is 306 g/mol. The number of furan rings is 1. The fourth-order valence-corrected chi connectivity index (χ4v) is 2.85. The Hall–Kier alpha value is -1.53. The molecule has 2 aliphatic rings. The van der Waals surface area contributed by atoms with Crippen LogP contribution in [0.1, 0.15) is 30.4 Å². The lowest BCUT2D eigenvalue weighted by Crippen LogP contribution is -2.41. The highest BCUT2D eigenvalue weighted by atomic mass is 16.5. The second kappa shape index (κ2) is 6.71. The van der Waals surface area contributed by atoms with Gasteiger partial charge in [0.15, 0.2) is 5.96 Å². The molecule has 6 nitrogen and oxygen atoms in total. The van der Waals surface area contributed by atoms with Gasteiger partial charge >= 0.3 is 0 Å². The molecule has 0 radical (unpaired) electrons. The average molecular weight is 306 g/mol. The Balaban J connectivity index is 1.71. The number of guanidine groups is 1. The molecule has 2 heterocycles. The summed E-state index contributed by atoms with van der Waals surface area (Å²) in [4.78, 5) is 9.08. The first kappa shape index (κ1) is 15.4. The normalized spacial score (nSPS) is 21.8. The molecule has 1 saturated carbocycles. The van der Waals surface area contributed by atoms with E-state index in [2.05, 4.69) is 14.8 Å². The summed E-state index contributed by atoms with van der Waals surface area (Å²) in [6.45, 7) is 5.92. The molecule has 1 saturated heterocycles. The summed E-state index contributed by atoms with van der Waals surface area (Å²) in [5, 5.41) is 0. The SMILES string of the molecule is Cc1ccc(C(CN=C(N)N(C)C2CC2)N2CCOCC2)o1. The molecule has 3 rings (SSSR count). The van der Waals surface area contributed by atoms with E-state index in [1.165, 1.54) is 12.8 Å². The lowest BCUT2D eigenvalue weighted by Gasteiger charge is -2.32. The molecule has 22 heavy (non-hydrogen) atoms. The van der Waals surface area contributed by atoms with Gasteiger partial charge in [-0.05, 0) is 31.9 Å². The zero-order chi connectivity index (χ0) is 15.5. The molecule has 122 valence electrons. The van der Waals surface area contributed by atoms with Gasteiger partial charge in [-0.25, -0.2) is 0 Å². The minimum atomic E-state index is 0.128. The molecule has 1 atom stereocenters. The Morgan fingerprint density at radius 1 is 1.41 bits per heavy atom. The van der Waals surface area contributed by atoms with Gasteiger partial charge in [-0.1, -0.05) is 0 Å². The molecule has 1 aromatic rings. The first-order valence-electron chi connectivity index (χ1n) is 8.06. The standard InChI is InChI=1S/C16H26N4O2/c1-12-3-6-15(22-12)14(20-7-9-21-10-8-20)11-18-16(17)19(2)13-4-5-13/h3,6,13-14H,4-5,7-11H2,1-2H3,(H2,17,18). The predicted molar refractivity (Wildman–Crippen MR) is 85.9 cm³/mol. The van der Waals surface area contributed by atoms with Crippen LogP contribution >= 0.6 is 0 Å². The molecule has 6 heteroatoms. The van der Waals surface area contributed by atoms with Crippen LogP contribution in [0.25, 0.3) is 0 Å². The fraction of sp³-hybridized carbons (Fsp3) is 0.688. The molecule has 0 bridgehead atoms. The minimum Gasteiger partial charge on any atom is -0.465 e. The van der Waals surface area contributed by atoms with Gasteiger partial charge in [0.25, 0.3) is 0 Å². The van der Waals surface area contributed by atoms with Crippen molar-refractivity contribution in [2.45, 2.75) is 31.8 Å². The smallest absolute Gasteiger partial charge is 0.191 e. The largest absolute Gasteiger partial charge is 0.465 e. The van der Waals surface area contributed by atoms with E-state index in [0.717, 1.165) is 37.8 Å². The van der Waals surface area contributed by atoms with Crippen LogP contribution in [0, 0.1) is 6.92 Å². The van der Waals surface area contributed by atoms with Crippen molar-refractivity contribution in [1.82, 2.24) is 9.80 Å². The van der Waals surface area contributed by atoms with E-state index >= 15 is 0 Å². The third-order valence-electron chi connectivity index (χ3n) is 4.46.